The van der Waals surface area contributed by atoms with Gasteiger partial charge < -0.3 is 19.8 Å². The van der Waals surface area contributed by atoms with E-state index in [9.17, 15) is 4.79 Å². The maximum atomic E-state index is 11.6. The van der Waals surface area contributed by atoms with Gasteiger partial charge in [-0.05, 0) is 18.4 Å². The quantitative estimate of drug-likeness (QED) is 0.632. The SMILES string of the molecule is COc1cc(-c2c(-c3ccccc3)ncn2CC(N)=O)c(OC)cc1SC. The maximum absolute atomic E-state index is 11.6. The number of rotatable bonds is 7. The normalized spacial score (nSPS) is 10.6. The Morgan fingerprint density at radius 1 is 1.15 bits per heavy atom. The van der Waals surface area contributed by atoms with Crippen molar-refractivity contribution in [1.29, 1.82) is 0 Å². The minimum Gasteiger partial charge on any atom is -0.496 e. The molecule has 6 nitrogen and oxygen atoms in total. The topological polar surface area (TPSA) is 79.4 Å². The largest absolute Gasteiger partial charge is 0.496 e. The summed E-state index contributed by atoms with van der Waals surface area (Å²) in [5.41, 5.74) is 8.66. The Bertz CT molecular complexity index is 955. The van der Waals surface area contributed by atoms with Crippen LogP contribution < -0.4 is 15.2 Å². The van der Waals surface area contributed by atoms with Crippen LogP contribution in [0.3, 0.4) is 0 Å². The lowest BCUT2D eigenvalue weighted by Crippen LogP contribution is -2.18. The smallest absolute Gasteiger partial charge is 0.237 e. The number of carbonyl (C=O) groups is 1. The number of methoxy groups -OCH3 is 2. The zero-order chi connectivity index (χ0) is 19.4. The molecule has 0 spiro atoms. The number of amides is 1. The molecule has 0 fully saturated rings. The van der Waals surface area contributed by atoms with Crippen molar-refractivity contribution in [2.75, 3.05) is 20.5 Å². The lowest BCUT2D eigenvalue weighted by Gasteiger charge is -2.16. The van der Waals surface area contributed by atoms with E-state index in [0.717, 1.165) is 33.2 Å². The van der Waals surface area contributed by atoms with Crippen molar-refractivity contribution in [1.82, 2.24) is 9.55 Å². The number of thioether (sulfide) groups is 1. The molecule has 0 bridgehead atoms. The number of ether oxygens (including phenoxy) is 2. The number of nitrogens with zero attached hydrogens (tertiary/aromatic N) is 2. The van der Waals surface area contributed by atoms with E-state index >= 15 is 0 Å². The van der Waals surface area contributed by atoms with E-state index in [-0.39, 0.29) is 6.54 Å². The third kappa shape index (κ3) is 3.78. The summed E-state index contributed by atoms with van der Waals surface area (Å²) in [6.07, 6.45) is 3.60. The van der Waals surface area contributed by atoms with Crippen LogP contribution in [-0.2, 0) is 11.3 Å². The molecule has 2 N–H and O–H groups in total. The number of primary amides is 1. The molecule has 2 aromatic carbocycles. The zero-order valence-electron chi connectivity index (χ0n) is 15.4. The molecule has 7 heteroatoms. The summed E-state index contributed by atoms with van der Waals surface area (Å²) in [6, 6.07) is 13.6. The van der Waals surface area contributed by atoms with Gasteiger partial charge in [-0.3, -0.25) is 4.79 Å². The summed E-state index contributed by atoms with van der Waals surface area (Å²) in [4.78, 5) is 17.1. The standard InChI is InChI=1S/C20H21N3O3S/c1-25-15-10-17(27-3)16(26-2)9-14(15)20-19(13-7-5-4-6-8-13)22-12-23(20)11-18(21)24/h4-10,12H,11H2,1-3H3,(H2,21,24). The van der Waals surface area contributed by atoms with Gasteiger partial charge in [0.2, 0.25) is 5.91 Å². The van der Waals surface area contributed by atoms with Crippen LogP contribution in [0.1, 0.15) is 0 Å². The van der Waals surface area contributed by atoms with Gasteiger partial charge in [0.05, 0.1) is 36.8 Å². The molecule has 1 amide bonds. The number of nitrogens with two attached hydrogens (primary N) is 1. The Kier molecular flexibility index (Phi) is 5.71. The van der Waals surface area contributed by atoms with Crippen molar-refractivity contribution in [3.05, 3.63) is 48.8 Å². The predicted octanol–water partition coefficient (Wildman–Crippen LogP) is 3.44. The molecule has 0 saturated carbocycles. The highest BCUT2D eigenvalue weighted by Gasteiger charge is 2.21. The minimum atomic E-state index is -0.445. The van der Waals surface area contributed by atoms with Crippen molar-refractivity contribution in [3.63, 3.8) is 0 Å². The third-order valence-electron chi connectivity index (χ3n) is 4.17. The van der Waals surface area contributed by atoms with Gasteiger partial charge in [0, 0.05) is 11.1 Å². The monoisotopic (exact) mass is 383 g/mol. The second kappa shape index (κ2) is 8.18. The highest BCUT2D eigenvalue weighted by atomic mass is 32.2. The highest BCUT2D eigenvalue weighted by molar-refractivity contribution is 7.98. The van der Waals surface area contributed by atoms with Crippen LogP contribution >= 0.6 is 11.8 Å². The first-order chi connectivity index (χ1) is 13.1. The van der Waals surface area contributed by atoms with Crippen LogP contribution in [-0.4, -0.2) is 35.9 Å². The minimum absolute atomic E-state index is 0.0188. The number of imidazole rings is 1. The van der Waals surface area contributed by atoms with Crippen LogP contribution in [0.15, 0.2) is 53.7 Å². The Balaban J connectivity index is 2.29. The van der Waals surface area contributed by atoms with Crippen molar-refractivity contribution in [2.24, 2.45) is 5.73 Å². The molecule has 0 unspecified atom stereocenters. The van der Waals surface area contributed by atoms with Gasteiger partial charge in [-0.2, -0.15) is 0 Å². The lowest BCUT2D eigenvalue weighted by molar-refractivity contribution is -0.118. The van der Waals surface area contributed by atoms with Gasteiger partial charge in [0.15, 0.2) is 0 Å². The van der Waals surface area contributed by atoms with Crippen LogP contribution in [0.25, 0.3) is 22.5 Å². The van der Waals surface area contributed by atoms with E-state index in [4.69, 9.17) is 15.2 Å². The Labute approximate surface area is 162 Å². The second-order valence-corrected chi connectivity index (χ2v) is 6.66. The van der Waals surface area contributed by atoms with Crippen LogP contribution in [0.5, 0.6) is 11.5 Å². The van der Waals surface area contributed by atoms with E-state index < -0.39 is 5.91 Å². The Morgan fingerprint density at radius 2 is 1.85 bits per heavy atom. The van der Waals surface area contributed by atoms with Gasteiger partial charge in [-0.1, -0.05) is 30.3 Å². The molecule has 0 aliphatic carbocycles. The Morgan fingerprint density at radius 3 is 2.44 bits per heavy atom. The first-order valence-electron chi connectivity index (χ1n) is 8.28. The highest BCUT2D eigenvalue weighted by Crippen LogP contribution is 2.42. The van der Waals surface area contributed by atoms with E-state index in [1.807, 2.05) is 48.7 Å². The Hall–Kier alpha value is -2.93. The number of hydrogen-bond acceptors (Lipinski definition) is 5. The summed E-state index contributed by atoms with van der Waals surface area (Å²) in [5, 5.41) is 0. The van der Waals surface area contributed by atoms with Gasteiger partial charge >= 0.3 is 0 Å². The number of carbonyl (C=O) groups excluding carboxylic acids is 1. The molecule has 0 aliphatic heterocycles. The molecular formula is C20H21N3O3S. The molecule has 3 aromatic rings. The first kappa shape index (κ1) is 18.8. The van der Waals surface area contributed by atoms with Gasteiger partial charge in [-0.15, -0.1) is 11.8 Å². The number of hydrogen-bond donors (Lipinski definition) is 1. The van der Waals surface area contributed by atoms with E-state index in [0.29, 0.717) is 5.75 Å². The first-order valence-corrected chi connectivity index (χ1v) is 9.50. The maximum Gasteiger partial charge on any atom is 0.237 e. The molecule has 0 atom stereocenters. The fourth-order valence-corrected chi connectivity index (χ4v) is 3.54. The summed E-state index contributed by atoms with van der Waals surface area (Å²) in [5.74, 6) is 0.951. The molecule has 0 aliphatic rings. The average molecular weight is 383 g/mol. The molecule has 1 heterocycles. The summed E-state index contributed by atoms with van der Waals surface area (Å²) in [7, 11) is 3.25. The molecule has 1 aromatic heterocycles. The molecule has 27 heavy (non-hydrogen) atoms. The summed E-state index contributed by atoms with van der Waals surface area (Å²) >= 11 is 1.57. The van der Waals surface area contributed by atoms with Gasteiger partial charge in [0.25, 0.3) is 0 Å². The molecule has 0 radical (unpaired) electrons. The van der Waals surface area contributed by atoms with Crippen LogP contribution in [0.4, 0.5) is 0 Å². The van der Waals surface area contributed by atoms with Crippen LogP contribution in [0, 0.1) is 0 Å². The fourth-order valence-electron chi connectivity index (χ4n) is 2.97. The fraction of sp³-hybridized carbons (Fsp3) is 0.200. The second-order valence-electron chi connectivity index (χ2n) is 5.81. The van der Waals surface area contributed by atoms with Crippen molar-refractivity contribution in [2.45, 2.75) is 11.4 Å². The molecular weight excluding hydrogens is 362 g/mol. The summed E-state index contributed by atoms with van der Waals surface area (Å²) in [6.45, 7) is 0.0188. The van der Waals surface area contributed by atoms with Gasteiger partial charge in [0.1, 0.15) is 18.0 Å². The average Bonchev–Trinajstić information content (AvgIpc) is 3.10. The van der Waals surface area contributed by atoms with Crippen molar-refractivity contribution < 1.29 is 14.3 Å². The third-order valence-corrected chi connectivity index (χ3v) is 4.93. The van der Waals surface area contributed by atoms with Crippen molar-refractivity contribution in [3.8, 4) is 34.0 Å². The lowest BCUT2D eigenvalue weighted by atomic mass is 10.0. The number of aromatic nitrogens is 2. The molecule has 3 rings (SSSR count). The van der Waals surface area contributed by atoms with Crippen molar-refractivity contribution >= 4 is 17.7 Å². The van der Waals surface area contributed by atoms with E-state index in [1.54, 1.807) is 36.9 Å². The van der Waals surface area contributed by atoms with E-state index in [2.05, 4.69) is 4.98 Å². The predicted molar refractivity (Wildman–Crippen MR) is 107 cm³/mol. The van der Waals surface area contributed by atoms with E-state index in [1.165, 1.54) is 0 Å². The molecule has 140 valence electrons. The number of benzene rings is 2. The summed E-state index contributed by atoms with van der Waals surface area (Å²) < 4.78 is 12.9. The zero-order valence-corrected chi connectivity index (χ0v) is 16.2. The molecule has 0 saturated heterocycles. The van der Waals surface area contributed by atoms with Crippen LogP contribution in [0.2, 0.25) is 0 Å². The van der Waals surface area contributed by atoms with Gasteiger partial charge in [-0.25, -0.2) is 4.98 Å².